The summed E-state index contributed by atoms with van der Waals surface area (Å²) >= 11 is 1.67. The van der Waals surface area contributed by atoms with Gasteiger partial charge in [-0.15, -0.1) is 11.8 Å². The van der Waals surface area contributed by atoms with Gasteiger partial charge in [0, 0.05) is 31.8 Å². The van der Waals surface area contributed by atoms with Crippen molar-refractivity contribution in [2.75, 3.05) is 18.8 Å². The highest BCUT2D eigenvalue weighted by molar-refractivity contribution is 7.99. The third-order valence-corrected chi connectivity index (χ3v) is 5.58. The van der Waals surface area contributed by atoms with Gasteiger partial charge in [0.2, 0.25) is 11.8 Å². The Balaban J connectivity index is 1.74. The number of amides is 2. The van der Waals surface area contributed by atoms with Crippen LogP contribution in [0.2, 0.25) is 0 Å². The molecule has 132 valence electrons. The standard InChI is InChI=1S/C19H28N2O2S/c1-13-9-14(2)18(15(3)10-13)11-24-12-19(23)20-17-5-7-21(8-6-17)16(4)22/h9-10,17H,5-8,11-12H2,1-4H3,(H,20,23). The second kappa shape index (κ2) is 8.56. The Kier molecular flexibility index (Phi) is 6.72. The number of benzene rings is 1. The summed E-state index contributed by atoms with van der Waals surface area (Å²) in [4.78, 5) is 25.3. The second-order valence-electron chi connectivity index (χ2n) is 6.72. The van der Waals surface area contributed by atoms with Crippen molar-refractivity contribution in [1.82, 2.24) is 10.2 Å². The normalized spacial score (nSPS) is 15.4. The number of likely N-dealkylation sites (tertiary alicyclic amines) is 1. The van der Waals surface area contributed by atoms with E-state index >= 15 is 0 Å². The molecule has 5 heteroatoms. The minimum absolute atomic E-state index is 0.101. The molecule has 1 aliphatic heterocycles. The number of rotatable bonds is 5. The van der Waals surface area contributed by atoms with Crippen LogP contribution in [0.25, 0.3) is 0 Å². The monoisotopic (exact) mass is 348 g/mol. The van der Waals surface area contributed by atoms with E-state index in [1.54, 1.807) is 18.7 Å². The number of hydrogen-bond donors (Lipinski definition) is 1. The van der Waals surface area contributed by atoms with Gasteiger partial charge in [0.1, 0.15) is 0 Å². The molecule has 1 saturated heterocycles. The lowest BCUT2D eigenvalue weighted by Crippen LogP contribution is -2.46. The number of carbonyl (C=O) groups excluding carboxylic acids is 2. The number of carbonyl (C=O) groups is 2. The van der Waals surface area contributed by atoms with Gasteiger partial charge in [0.15, 0.2) is 0 Å². The fourth-order valence-electron chi connectivity index (χ4n) is 3.29. The third-order valence-electron chi connectivity index (χ3n) is 4.63. The number of nitrogens with zero attached hydrogens (tertiary/aromatic N) is 1. The van der Waals surface area contributed by atoms with Crippen molar-refractivity contribution in [2.45, 2.75) is 52.3 Å². The minimum Gasteiger partial charge on any atom is -0.353 e. The van der Waals surface area contributed by atoms with E-state index in [1.165, 1.54) is 22.3 Å². The maximum atomic E-state index is 12.1. The minimum atomic E-state index is 0.101. The number of thioether (sulfide) groups is 1. The van der Waals surface area contributed by atoms with Crippen molar-refractivity contribution < 1.29 is 9.59 Å². The Morgan fingerprint density at radius 2 is 1.75 bits per heavy atom. The Hall–Kier alpha value is -1.49. The largest absolute Gasteiger partial charge is 0.353 e. The van der Waals surface area contributed by atoms with Crippen molar-refractivity contribution in [2.24, 2.45) is 0 Å². The van der Waals surface area contributed by atoms with Crippen molar-refractivity contribution >= 4 is 23.6 Å². The summed E-state index contributed by atoms with van der Waals surface area (Å²) < 4.78 is 0. The van der Waals surface area contributed by atoms with E-state index in [0.29, 0.717) is 5.75 Å². The molecule has 24 heavy (non-hydrogen) atoms. The van der Waals surface area contributed by atoms with E-state index < -0.39 is 0 Å². The smallest absolute Gasteiger partial charge is 0.230 e. The summed E-state index contributed by atoms with van der Waals surface area (Å²) in [7, 11) is 0. The van der Waals surface area contributed by atoms with Crippen LogP contribution in [-0.2, 0) is 15.3 Å². The first-order chi connectivity index (χ1) is 11.4. The molecule has 0 bridgehead atoms. The molecule has 1 fully saturated rings. The van der Waals surface area contributed by atoms with Crippen molar-refractivity contribution in [1.29, 1.82) is 0 Å². The molecule has 0 saturated carbocycles. The van der Waals surface area contributed by atoms with Crippen LogP contribution in [0.15, 0.2) is 12.1 Å². The zero-order valence-electron chi connectivity index (χ0n) is 15.1. The molecular formula is C19H28N2O2S. The number of aryl methyl sites for hydroxylation is 3. The molecule has 0 atom stereocenters. The first-order valence-electron chi connectivity index (χ1n) is 8.56. The third kappa shape index (κ3) is 5.26. The van der Waals surface area contributed by atoms with Crippen LogP contribution < -0.4 is 5.32 Å². The molecule has 0 radical (unpaired) electrons. The first-order valence-corrected chi connectivity index (χ1v) is 9.71. The van der Waals surface area contributed by atoms with Gasteiger partial charge in [-0.2, -0.15) is 0 Å². The zero-order chi connectivity index (χ0) is 17.7. The molecule has 0 aromatic heterocycles. The van der Waals surface area contributed by atoms with E-state index in [2.05, 4.69) is 38.2 Å². The number of hydrogen-bond acceptors (Lipinski definition) is 3. The Bertz CT molecular complexity index is 584. The summed E-state index contributed by atoms with van der Waals surface area (Å²) in [6, 6.07) is 4.61. The summed E-state index contributed by atoms with van der Waals surface area (Å²) in [5, 5.41) is 3.11. The molecule has 1 aromatic carbocycles. The Morgan fingerprint density at radius 3 is 2.29 bits per heavy atom. The molecule has 0 spiro atoms. The SMILES string of the molecule is CC(=O)N1CCC(NC(=O)CSCc2c(C)cc(C)cc2C)CC1. The second-order valence-corrected chi connectivity index (χ2v) is 7.70. The molecule has 1 aliphatic rings. The fourth-order valence-corrected chi connectivity index (χ4v) is 4.32. The Morgan fingerprint density at radius 1 is 1.17 bits per heavy atom. The highest BCUT2D eigenvalue weighted by Crippen LogP contribution is 2.22. The number of piperidine rings is 1. The fraction of sp³-hybridized carbons (Fsp3) is 0.579. The predicted octanol–water partition coefficient (Wildman–Crippen LogP) is 2.97. The highest BCUT2D eigenvalue weighted by Gasteiger charge is 2.21. The van der Waals surface area contributed by atoms with Gasteiger partial charge in [-0.25, -0.2) is 0 Å². The lowest BCUT2D eigenvalue weighted by atomic mass is 10.0. The van der Waals surface area contributed by atoms with Gasteiger partial charge in [0.05, 0.1) is 5.75 Å². The van der Waals surface area contributed by atoms with Crippen molar-refractivity contribution in [3.8, 4) is 0 Å². The average molecular weight is 349 g/mol. The molecule has 2 rings (SSSR count). The van der Waals surface area contributed by atoms with Crippen LogP contribution in [0.5, 0.6) is 0 Å². The van der Waals surface area contributed by atoms with E-state index in [1.807, 2.05) is 4.90 Å². The van der Waals surface area contributed by atoms with E-state index in [-0.39, 0.29) is 17.9 Å². The van der Waals surface area contributed by atoms with Gasteiger partial charge < -0.3 is 10.2 Å². The Labute approximate surface area is 149 Å². The van der Waals surface area contributed by atoms with Crippen molar-refractivity contribution in [3.05, 3.63) is 34.4 Å². The molecule has 1 aromatic rings. The molecule has 2 amide bonds. The summed E-state index contributed by atoms with van der Waals surface area (Å²) in [6.45, 7) is 9.48. The zero-order valence-corrected chi connectivity index (χ0v) is 16.0. The highest BCUT2D eigenvalue weighted by atomic mass is 32.2. The van der Waals surface area contributed by atoms with Gasteiger partial charge >= 0.3 is 0 Å². The maximum absolute atomic E-state index is 12.1. The van der Waals surface area contributed by atoms with Gasteiger partial charge in [-0.1, -0.05) is 17.7 Å². The van der Waals surface area contributed by atoms with Gasteiger partial charge in [-0.05, 0) is 50.3 Å². The van der Waals surface area contributed by atoms with Crippen LogP contribution in [0.1, 0.15) is 42.0 Å². The lowest BCUT2D eigenvalue weighted by molar-refractivity contribution is -0.130. The van der Waals surface area contributed by atoms with E-state index in [0.717, 1.165) is 31.7 Å². The molecule has 1 N–H and O–H groups in total. The van der Waals surface area contributed by atoms with Gasteiger partial charge in [-0.3, -0.25) is 9.59 Å². The van der Waals surface area contributed by atoms with E-state index in [4.69, 9.17) is 0 Å². The summed E-state index contributed by atoms with van der Waals surface area (Å²) in [5.74, 6) is 1.58. The topological polar surface area (TPSA) is 49.4 Å². The van der Waals surface area contributed by atoms with Crippen molar-refractivity contribution in [3.63, 3.8) is 0 Å². The van der Waals surface area contributed by atoms with Crippen LogP contribution >= 0.6 is 11.8 Å². The van der Waals surface area contributed by atoms with E-state index in [9.17, 15) is 9.59 Å². The molecule has 1 heterocycles. The average Bonchev–Trinajstić information content (AvgIpc) is 2.50. The van der Waals surface area contributed by atoms with Crippen LogP contribution in [0.3, 0.4) is 0 Å². The lowest BCUT2D eigenvalue weighted by Gasteiger charge is -2.31. The molecular weight excluding hydrogens is 320 g/mol. The van der Waals surface area contributed by atoms with Crippen LogP contribution in [-0.4, -0.2) is 41.6 Å². The predicted molar refractivity (Wildman–Crippen MR) is 100 cm³/mol. The van der Waals surface area contributed by atoms with Crippen LogP contribution in [0, 0.1) is 20.8 Å². The quantitative estimate of drug-likeness (QED) is 0.890. The summed E-state index contributed by atoms with van der Waals surface area (Å²) in [6.07, 6.45) is 1.71. The van der Waals surface area contributed by atoms with Gasteiger partial charge in [0.25, 0.3) is 0 Å². The van der Waals surface area contributed by atoms with Crippen LogP contribution in [0.4, 0.5) is 0 Å². The molecule has 0 aliphatic carbocycles. The molecule has 0 unspecified atom stereocenters. The number of nitrogens with one attached hydrogen (secondary N) is 1. The summed E-state index contributed by atoms with van der Waals surface area (Å²) in [5.41, 5.74) is 5.23. The molecule has 4 nitrogen and oxygen atoms in total. The first kappa shape index (κ1) is 18.8. The maximum Gasteiger partial charge on any atom is 0.230 e.